The molecule has 1 heterocycles. The Balaban J connectivity index is 1.44. The summed E-state index contributed by atoms with van der Waals surface area (Å²) in [4.78, 5) is 38.6. The van der Waals surface area contributed by atoms with Crippen molar-refractivity contribution in [2.75, 3.05) is 33.4 Å². The fraction of sp³-hybridized carbons (Fsp3) is 0.346. The lowest BCUT2D eigenvalue weighted by Crippen LogP contribution is -2.37. The summed E-state index contributed by atoms with van der Waals surface area (Å²) in [5, 5.41) is 2.39. The molecule has 0 aliphatic carbocycles. The maximum Gasteiger partial charge on any atom is 0.293 e. The molecule has 0 radical (unpaired) electrons. The Bertz CT molecular complexity index is 1080. The van der Waals surface area contributed by atoms with Crippen LogP contribution in [0.15, 0.2) is 47.4 Å². The van der Waals surface area contributed by atoms with Crippen LogP contribution in [0.1, 0.15) is 30.9 Å². The Kier molecular flexibility index (Phi) is 9.60. The van der Waals surface area contributed by atoms with Crippen LogP contribution in [-0.2, 0) is 9.59 Å². The number of methoxy groups -OCH3 is 1. The molecule has 1 fully saturated rings. The molecule has 1 saturated heterocycles. The smallest absolute Gasteiger partial charge is 0.293 e. The van der Waals surface area contributed by atoms with Crippen LogP contribution in [0.5, 0.6) is 17.2 Å². The molecule has 1 aliphatic rings. The van der Waals surface area contributed by atoms with Crippen molar-refractivity contribution in [3.63, 3.8) is 0 Å². The van der Waals surface area contributed by atoms with Gasteiger partial charge in [-0.15, -0.1) is 0 Å². The highest BCUT2D eigenvalue weighted by atomic mass is 32.2. The summed E-state index contributed by atoms with van der Waals surface area (Å²) in [7, 11) is 1.54. The number of thioether (sulfide) groups is 1. The number of aryl methyl sites for hydroxylation is 1. The van der Waals surface area contributed by atoms with Crippen LogP contribution in [0.2, 0.25) is 0 Å². The van der Waals surface area contributed by atoms with E-state index in [1.54, 1.807) is 31.4 Å². The number of carbonyl (C=O) groups excluding carboxylic acids is 3. The number of hydrogen-bond acceptors (Lipinski definition) is 7. The number of ether oxygens (including phenoxy) is 3. The normalized spacial score (nSPS) is 14.4. The Morgan fingerprint density at radius 2 is 1.86 bits per heavy atom. The Morgan fingerprint density at radius 3 is 2.57 bits per heavy atom. The zero-order chi connectivity index (χ0) is 25.2. The van der Waals surface area contributed by atoms with Crippen molar-refractivity contribution >= 4 is 34.9 Å². The maximum absolute atomic E-state index is 12.7. The molecule has 3 amide bonds. The molecule has 9 heteroatoms. The highest BCUT2D eigenvalue weighted by Gasteiger charge is 2.34. The van der Waals surface area contributed by atoms with Gasteiger partial charge in [0.05, 0.1) is 25.2 Å². The van der Waals surface area contributed by atoms with Gasteiger partial charge in [-0.3, -0.25) is 19.3 Å². The van der Waals surface area contributed by atoms with E-state index in [4.69, 9.17) is 14.2 Å². The molecule has 2 aromatic rings. The third kappa shape index (κ3) is 7.51. The summed E-state index contributed by atoms with van der Waals surface area (Å²) < 4.78 is 16.5. The zero-order valence-corrected chi connectivity index (χ0v) is 21.0. The molecule has 0 bridgehead atoms. The van der Waals surface area contributed by atoms with Crippen molar-refractivity contribution in [1.29, 1.82) is 0 Å². The highest BCUT2D eigenvalue weighted by Crippen LogP contribution is 2.34. The number of benzene rings is 2. The predicted molar refractivity (Wildman–Crippen MR) is 136 cm³/mol. The minimum Gasteiger partial charge on any atom is -0.494 e. The summed E-state index contributed by atoms with van der Waals surface area (Å²) in [6.07, 6.45) is 2.51. The first-order valence-electron chi connectivity index (χ1n) is 11.4. The van der Waals surface area contributed by atoms with Crippen LogP contribution < -0.4 is 19.5 Å². The molecule has 1 aliphatic heterocycles. The Morgan fingerprint density at radius 1 is 1.09 bits per heavy atom. The zero-order valence-electron chi connectivity index (χ0n) is 20.2. The molecule has 0 spiro atoms. The van der Waals surface area contributed by atoms with E-state index in [1.807, 2.05) is 38.1 Å². The number of nitrogens with zero attached hydrogens (tertiary/aromatic N) is 1. The van der Waals surface area contributed by atoms with E-state index >= 15 is 0 Å². The van der Waals surface area contributed by atoms with Gasteiger partial charge < -0.3 is 19.5 Å². The van der Waals surface area contributed by atoms with E-state index in [2.05, 4.69) is 5.32 Å². The van der Waals surface area contributed by atoms with Crippen molar-refractivity contribution in [2.45, 2.75) is 26.7 Å². The van der Waals surface area contributed by atoms with E-state index in [-0.39, 0.29) is 30.1 Å². The van der Waals surface area contributed by atoms with E-state index in [0.717, 1.165) is 33.5 Å². The van der Waals surface area contributed by atoms with Gasteiger partial charge in [-0.2, -0.15) is 0 Å². The van der Waals surface area contributed by atoms with E-state index in [0.29, 0.717) is 42.5 Å². The molecule has 3 rings (SSSR count). The quantitative estimate of drug-likeness (QED) is 0.342. The molecule has 35 heavy (non-hydrogen) atoms. The number of carbonyl (C=O) groups is 3. The number of amides is 3. The number of imide groups is 1. The maximum atomic E-state index is 12.7. The summed E-state index contributed by atoms with van der Waals surface area (Å²) in [6, 6.07) is 13.0. The lowest BCUT2D eigenvalue weighted by atomic mass is 10.2. The first-order valence-corrected chi connectivity index (χ1v) is 12.2. The molecule has 186 valence electrons. The SMILES string of the molecule is CCOc1ccc(/C=C2\SC(=O)N(CCNC(=O)CCCOc3ccc(C)cc3)C2=O)cc1OC. The van der Waals surface area contributed by atoms with Gasteiger partial charge >= 0.3 is 0 Å². The van der Waals surface area contributed by atoms with E-state index in [1.165, 1.54) is 0 Å². The van der Waals surface area contributed by atoms with Crippen LogP contribution in [0.3, 0.4) is 0 Å². The first kappa shape index (κ1) is 26.2. The Labute approximate surface area is 209 Å². The van der Waals surface area contributed by atoms with Crippen molar-refractivity contribution in [2.24, 2.45) is 0 Å². The molecular weight excluding hydrogens is 468 g/mol. The summed E-state index contributed by atoms with van der Waals surface area (Å²) in [5.41, 5.74) is 1.88. The van der Waals surface area contributed by atoms with Gasteiger partial charge in [0.2, 0.25) is 5.91 Å². The molecule has 0 unspecified atom stereocenters. The third-order valence-electron chi connectivity index (χ3n) is 5.15. The van der Waals surface area contributed by atoms with Gasteiger partial charge in [0.15, 0.2) is 11.5 Å². The monoisotopic (exact) mass is 498 g/mol. The van der Waals surface area contributed by atoms with Crippen LogP contribution in [0.4, 0.5) is 4.79 Å². The second kappa shape index (κ2) is 12.9. The van der Waals surface area contributed by atoms with Crippen molar-refractivity contribution in [1.82, 2.24) is 10.2 Å². The van der Waals surface area contributed by atoms with Gasteiger partial charge in [-0.1, -0.05) is 23.8 Å². The number of rotatable bonds is 12. The van der Waals surface area contributed by atoms with Gasteiger partial charge in [0.1, 0.15) is 5.75 Å². The molecule has 2 aromatic carbocycles. The molecule has 1 N–H and O–H groups in total. The van der Waals surface area contributed by atoms with Gasteiger partial charge in [0, 0.05) is 19.5 Å². The third-order valence-corrected chi connectivity index (χ3v) is 6.06. The topological polar surface area (TPSA) is 94.2 Å². The van der Waals surface area contributed by atoms with Crippen molar-refractivity contribution in [3.05, 3.63) is 58.5 Å². The lowest BCUT2D eigenvalue weighted by molar-refractivity contribution is -0.124. The summed E-state index contributed by atoms with van der Waals surface area (Å²) in [6.45, 7) is 5.13. The first-order chi connectivity index (χ1) is 16.9. The van der Waals surface area contributed by atoms with E-state index < -0.39 is 0 Å². The van der Waals surface area contributed by atoms with Gasteiger partial charge in [0.25, 0.3) is 11.1 Å². The van der Waals surface area contributed by atoms with Crippen LogP contribution in [0, 0.1) is 6.92 Å². The molecule has 0 atom stereocenters. The molecule has 0 aromatic heterocycles. The predicted octanol–water partition coefficient (Wildman–Crippen LogP) is 4.41. The fourth-order valence-corrected chi connectivity index (χ4v) is 4.21. The largest absolute Gasteiger partial charge is 0.494 e. The minimum atomic E-state index is -0.381. The van der Waals surface area contributed by atoms with E-state index in [9.17, 15) is 14.4 Å². The number of nitrogens with one attached hydrogen (secondary N) is 1. The van der Waals surface area contributed by atoms with Gasteiger partial charge in [-0.25, -0.2) is 0 Å². The minimum absolute atomic E-state index is 0.111. The Hall–Kier alpha value is -3.46. The average molecular weight is 499 g/mol. The van der Waals surface area contributed by atoms with Crippen molar-refractivity contribution in [3.8, 4) is 17.2 Å². The molecular formula is C26H30N2O6S. The van der Waals surface area contributed by atoms with Crippen LogP contribution in [-0.4, -0.2) is 55.4 Å². The van der Waals surface area contributed by atoms with Gasteiger partial charge in [-0.05, 0) is 67.9 Å². The molecule has 8 nitrogen and oxygen atoms in total. The van der Waals surface area contributed by atoms with Crippen molar-refractivity contribution < 1.29 is 28.6 Å². The summed E-state index contributed by atoms with van der Waals surface area (Å²) in [5.74, 6) is 1.40. The highest BCUT2D eigenvalue weighted by molar-refractivity contribution is 8.18. The standard InChI is InChI=1S/C26H30N2O6S/c1-4-33-21-12-9-19(16-22(21)32-3)17-23-25(30)28(26(31)35-23)14-13-27-24(29)6-5-15-34-20-10-7-18(2)8-11-20/h7-12,16-17H,4-6,13-15H2,1-3H3,(H,27,29)/b23-17-. The lowest BCUT2D eigenvalue weighted by Gasteiger charge is -2.13. The number of hydrogen-bond donors (Lipinski definition) is 1. The second-order valence-corrected chi connectivity index (χ2v) is 8.78. The van der Waals surface area contributed by atoms with Crippen LogP contribution >= 0.6 is 11.8 Å². The average Bonchev–Trinajstić information content (AvgIpc) is 3.11. The molecule has 0 saturated carbocycles. The second-order valence-electron chi connectivity index (χ2n) is 7.79. The fourth-order valence-electron chi connectivity index (χ4n) is 3.35. The summed E-state index contributed by atoms with van der Waals surface area (Å²) >= 11 is 0.876. The van der Waals surface area contributed by atoms with Crippen LogP contribution in [0.25, 0.3) is 6.08 Å².